The van der Waals surface area contributed by atoms with Gasteiger partial charge >= 0.3 is 0 Å². The van der Waals surface area contributed by atoms with Crippen molar-refractivity contribution >= 4 is 5.95 Å². The van der Waals surface area contributed by atoms with E-state index in [0.717, 1.165) is 36.4 Å². The zero-order valence-electron chi connectivity index (χ0n) is 15.8. The van der Waals surface area contributed by atoms with Gasteiger partial charge in [-0.3, -0.25) is 0 Å². The number of rotatable bonds is 10. The molecule has 0 amide bonds. The van der Waals surface area contributed by atoms with Crippen LogP contribution in [0.25, 0.3) is 0 Å². The topological polar surface area (TPSA) is 74.1 Å². The Labute approximate surface area is 159 Å². The fourth-order valence-electron chi connectivity index (χ4n) is 2.74. The first-order valence-electron chi connectivity index (χ1n) is 9.14. The third-order valence-electron chi connectivity index (χ3n) is 4.14. The van der Waals surface area contributed by atoms with Gasteiger partial charge in [-0.15, -0.1) is 0 Å². The molecule has 0 fully saturated rings. The van der Waals surface area contributed by atoms with Gasteiger partial charge in [0.25, 0.3) is 0 Å². The molecule has 0 aliphatic carbocycles. The zero-order valence-corrected chi connectivity index (χ0v) is 15.8. The summed E-state index contributed by atoms with van der Waals surface area (Å²) in [5, 5.41) is 15.0. The van der Waals surface area contributed by atoms with Gasteiger partial charge < -0.3 is 14.8 Å². The molecule has 0 unspecified atom stereocenters. The maximum atomic E-state index is 5.91. The molecular formula is C20H25N5O2. The van der Waals surface area contributed by atoms with E-state index in [1.807, 2.05) is 36.4 Å². The summed E-state index contributed by atoms with van der Waals surface area (Å²) in [6.07, 6.45) is 1.83. The molecule has 0 saturated carbocycles. The van der Waals surface area contributed by atoms with Crippen LogP contribution in [0.4, 0.5) is 5.95 Å². The Morgan fingerprint density at radius 3 is 2.67 bits per heavy atom. The molecule has 0 radical (unpaired) electrons. The van der Waals surface area contributed by atoms with Gasteiger partial charge in [-0.05, 0) is 40.1 Å². The maximum Gasteiger partial charge on any atom is 0.243 e. The summed E-state index contributed by atoms with van der Waals surface area (Å²) in [7, 11) is 1.65. The third-order valence-corrected chi connectivity index (χ3v) is 4.14. The normalized spacial score (nSPS) is 10.6. The summed E-state index contributed by atoms with van der Waals surface area (Å²) in [4.78, 5) is 0. The van der Waals surface area contributed by atoms with Gasteiger partial charge in [-0.2, -0.15) is 0 Å². The minimum absolute atomic E-state index is 0.601. The number of methoxy groups -OCH3 is 1. The minimum Gasteiger partial charge on any atom is -0.493 e. The molecule has 0 aliphatic rings. The average molecular weight is 367 g/mol. The van der Waals surface area contributed by atoms with Crippen LogP contribution < -0.4 is 14.8 Å². The van der Waals surface area contributed by atoms with Gasteiger partial charge in [0.1, 0.15) is 0 Å². The molecule has 3 aromatic rings. The van der Waals surface area contributed by atoms with Crippen molar-refractivity contribution in [3.8, 4) is 11.5 Å². The lowest BCUT2D eigenvalue weighted by Crippen LogP contribution is -2.09. The van der Waals surface area contributed by atoms with Gasteiger partial charge in [0.15, 0.2) is 11.5 Å². The Hall–Kier alpha value is -3.09. The van der Waals surface area contributed by atoms with Crippen LogP contribution in [0, 0.1) is 0 Å². The molecule has 0 spiro atoms. The fourth-order valence-corrected chi connectivity index (χ4v) is 2.74. The molecule has 1 heterocycles. The highest BCUT2D eigenvalue weighted by atomic mass is 16.5. The number of hydrogen-bond donors (Lipinski definition) is 1. The number of aromatic nitrogens is 4. The molecule has 0 saturated heterocycles. The summed E-state index contributed by atoms with van der Waals surface area (Å²) < 4.78 is 13.2. The lowest BCUT2D eigenvalue weighted by molar-refractivity contribution is 0.297. The Morgan fingerprint density at radius 2 is 1.89 bits per heavy atom. The summed E-state index contributed by atoms with van der Waals surface area (Å²) in [5.74, 6) is 2.13. The van der Waals surface area contributed by atoms with Crippen molar-refractivity contribution in [1.82, 2.24) is 20.2 Å². The quantitative estimate of drug-likeness (QED) is 0.592. The van der Waals surface area contributed by atoms with Crippen LogP contribution in [0.5, 0.6) is 11.5 Å². The number of ether oxygens (including phenoxy) is 2. The molecular weight excluding hydrogens is 342 g/mol. The minimum atomic E-state index is 0.601. The van der Waals surface area contributed by atoms with Crippen molar-refractivity contribution < 1.29 is 9.47 Å². The van der Waals surface area contributed by atoms with Gasteiger partial charge in [0.05, 0.1) is 13.7 Å². The van der Waals surface area contributed by atoms with Crippen molar-refractivity contribution in [2.24, 2.45) is 0 Å². The molecule has 7 heteroatoms. The molecule has 7 nitrogen and oxygen atoms in total. The van der Waals surface area contributed by atoms with E-state index in [-0.39, 0.29) is 0 Å². The van der Waals surface area contributed by atoms with Gasteiger partial charge in [0, 0.05) is 19.5 Å². The summed E-state index contributed by atoms with van der Waals surface area (Å²) in [6.45, 7) is 4.08. The highest BCUT2D eigenvalue weighted by Crippen LogP contribution is 2.28. The highest BCUT2D eigenvalue weighted by Gasteiger charge is 2.08. The highest BCUT2D eigenvalue weighted by molar-refractivity contribution is 5.44. The van der Waals surface area contributed by atoms with E-state index in [9.17, 15) is 0 Å². The van der Waals surface area contributed by atoms with Crippen molar-refractivity contribution in [3.05, 3.63) is 59.7 Å². The third kappa shape index (κ3) is 5.20. The van der Waals surface area contributed by atoms with E-state index in [2.05, 4.69) is 39.9 Å². The number of hydrogen-bond acceptors (Lipinski definition) is 6. The van der Waals surface area contributed by atoms with Crippen LogP contribution in [0.1, 0.15) is 24.5 Å². The molecule has 1 N–H and O–H groups in total. The number of anilines is 1. The average Bonchev–Trinajstić information content (AvgIpc) is 3.15. The van der Waals surface area contributed by atoms with Crippen molar-refractivity contribution in [1.29, 1.82) is 0 Å². The molecule has 2 aromatic carbocycles. The molecule has 0 aliphatic heterocycles. The van der Waals surface area contributed by atoms with Crippen LogP contribution in [-0.2, 0) is 19.5 Å². The monoisotopic (exact) mass is 367 g/mol. The predicted octanol–water partition coefficient (Wildman–Crippen LogP) is 3.33. The second-order valence-corrected chi connectivity index (χ2v) is 6.15. The van der Waals surface area contributed by atoms with E-state index >= 15 is 0 Å². The Morgan fingerprint density at radius 1 is 1.04 bits per heavy atom. The van der Waals surface area contributed by atoms with Gasteiger partial charge in [0.2, 0.25) is 5.95 Å². The smallest absolute Gasteiger partial charge is 0.243 e. The first kappa shape index (κ1) is 18.7. The van der Waals surface area contributed by atoms with Crippen LogP contribution in [0.2, 0.25) is 0 Å². The maximum absolute atomic E-state index is 5.91. The molecule has 3 rings (SSSR count). The summed E-state index contributed by atoms with van der Waals surface area (Å²) >= 11 is 0. The zero-order chi connectivity index (χ0) is 18.9. The summed E-state index contributed by atoms with van der Waals surface area (Å²) in [6, 6.07) is 16.2. The number of tetrazole rings is 1. The predicted molar refractivity (Wildman–Crippen MR) is 104 cm³/mol. The van der Waals surface area contributed by atoms with Crippen LogP contribution in [0.15, 0.2) is 48.5 Å². The van der Waals surface area contributed by atoms with E-state index in [4.69, 9.17) is 9.47 Å². The Balaban J connectivity index is 1.57. The first-order chi connectivity index (χ1) is 13.3. The number of nitrogens with zero attached hydrogens (tertiary/aromatic N) is 4. The lowest BCUT2D eigenvalue weighted by atomic mass is 10.1. The lowest BCUT2D eigenvalue weighted by Gasteiger charge is -2.13. The van der Waals surface area contributed by atoms with E-state index < -0.39 is 0 Å². The van der Waals surface area contributed by atoms with E-state index in [1.165, 1.54) is 5.56 Å². The molecule has 1 aromatic heterocycles. The van der Waals surface area contributed by atoms with Crippen molar-refractivity contribution in [2.75, 3.05) is 19.0 Å². The fraction of sp³-hybridized carbons (Fsp3) is 0.350. The summed E-state index contributed by atoms with van der Waals surface area (Å²) in [5.41, 5.74) is 2.32. The largest absolute Gasteiger partial charge is 0.493 e. The van der Waals surface area contributed by atoms with Crippen molar-refractivity contribution in [3.63, 3.8) is 0 Å². The SMILES string of the molecule is CCCn1nnnc1NCc1ccc(OCCc2ccccc2)c(OC)c1. The molecule has 0 bridgehead atoms. The van der Waals surface area contributed by atoms with E-state index in [1.54, 1.807) is 11.8 Å². The Bertz CT molecular complexity index is 835. The van der Waals surface area contributed by atoms with E-state index in [0.29, 0.717) is 19.1 Å². The standard InChI is InChI=1S/C20H25N5O2/c1-3-12-25-20(22-23-24-25)21-15-17-9-10-18(19(14-17)26-2)27-13-11-16-7-5-4-6-8-16/h4-10,14H,3,11-13,15H2,1-2H3,(H,21,22,24). The second kappa shape index (κ2) is 9.56. The number of nitrogens with one attached hydrogen (secondary N) is 1. The number of aryl methyl sites for hydroxylation is 1. The molecule has 142 valence electrons. The first-order valence-corrected chi connectivity index (χ1v) is 9.14. The molecule has 0 atom stereocenters. The van der Waals surface area contributed by atoms with Crippen LogP contribution in [0.3, 0.4) is 0 Å². The van der Waals surface area contributed by atoms with Crippen LogP contribution in [-0.4, -0.2) is 33.9 Å². The second-order valence-electron chi connectivity index (χ2n) is 6.15. The Kier molecular flexibility index (Phi) is 6.62. The molecule has 27 heavy (non-hydrogen) atoms. The van der Waals surface area contributed by atoms with Gasteiger partial charge in [-0.1, -0.05) is 48.4 Å². The van der Waals surface area contributed by atoms with Gasteiger partial charge in [-0.25, -0.2) is 4.68 Å². The van der Waals surface area contributed by atoms with Crippen LogP contribution >= 0.6 is 0 Å². The number of benzene rings is 2. The van der Waals surface area contributed by atoms with Crippen molar-refractivity contribution in [2.45, 2.75) is 32.9 Å².